The Labute approximate surface area is 127 Å². The van der Waals surface area contributed by atoms with Gasteiger partial charge >= 0.3 is 6.03 Å². The second-order valence-electron chi connectivity index (χ2n) is 4.02. The largest absolute Gasteiger partial charge is 0.323 e. The Bertz CT molecular complexity index is 720. The Balaban J connectivity index is 2.14. The number of hydrogen-bond donors (Lipinski definition) is 2. The molecule has 0 aliphatic rings. The Hall–Kier alpha value is -2.46. The molecule has 0 aliphatic heterocycles. The Morgan fingerprint density at radius 3 is 2.43 bits per heavy atom. The summed E-state index contributed by atoms with van der Waals surface area (Å²) in [7, 11) is 0. The monoisotopic (exact) mass is 351 g/mol. The summed E-state index contributed by atoms with van der Waals surface area (Å²) in [5.74, 6) is -1.80. The third-order valence-corrected chi connectivity index (χ3v) is 2.95. The molecule has 0 bridgehead atoms. The molecule has 2 aromatic carbocycles. The first-order chi connectivity index (χ1) is 9.99. The molecular formula is C14H8BrF2N3O. The zero-order valence-corrected chi connectivity index (χ0v) is 12.0. The fraction of sp³-hybridized carbons (Fsp3) is 0. The lowest BCUT2D eigenvalue weighted by Crippen LogP contribution is -2.21. The molecule has 0 saturated carbocycles. The zero-order valence-electron chi connectivity index (χ0n) is 10.5. The van der Waals surface area contributed by atoms with E-state index >= 15 is 0 Å². The van der Waals surface area contributed by atoms with Gasteiger partial charge in [-0.05, 0) is 30.3 Å². The van der Waals surface area contributed by atoms with Crippen molar-refractivity contribution in [3.8, 4) is 6.07 Å². The van der Waals surface area contributed by atoms with Crippen molar-refractivity contribution in [3.05, 3.63) is 58.1 Å². The van der Waals surface area contributed by atoms with Gasteiger partial charge in [-0.25, -0.2) is 13.6 Å². The minimum absolute atomic E-state index is 0.227. The van der Waals surface area contributed by atoms with Crippen LogP contribution in [0.25, 0.3) is 0 Å². The van der Waals surface area contributed by atoms with Crippen LogP contribution < -0.4 is 10.6 Å². The molecular weight excluding hydrogens is 344 g/mol. The highest BCUT2D eigenvalue weighted by Gasteiger charge is 2.13. The van der Waals surface area contributed by atoms with E-state index in [4.69, 9.17) is 5.26 Å². The Kier molecular flexibility index (Phi) is 4.50. The third kappa shape index (κ3) is 3.77. The number of urea groups is 1. The van der Waals surface area contributed by atoms with Crippen molar-refractivity contribution < 1.29 is 13.6 Å². The first kappa shape index (κ1) is 14.9. The second kappa shape index (κ2) is 6.33. The summed E-state index contributed by atoms with van der Waals surface area (Å²) in [4.78, 5) is 11.7. The maximum atomic E-state index is 13.6. The molecule has 106 valence electrons. The second-order valence-corrected chi connectivity index (χ2v) is 4.93. The number of nitrogens with one attached hydrogen (secondary N) is 2. The fourth-order valence-electron chi connectivity index (χ4n) is 1.60. The van der Waals surface area contributed by atoms with Crippen molar-refractivity contribution >= 4 is 33.3 Å². The predicted octanol–water partition coefficient (Wildman–Crippen LogP) is 4.24. The van der Waals surface area contributed by atoms with Gasteiger partial charge in [0.1, 0.15) is 5.69 Å². The van der Waals surface area contributed by atoms with Crippen LogP contribution in [0.4, 0.5) is 25.0 Å². The van der Waals surface area contributed by atoms with Crippen molar-refractivity contribution in [2.24, 2.45) is 0 Å². The lowest BCUT2D eigenvalue weighted by Gasteiger charge is -2.09. The van der Waals surface area contributed by atoms with E-state index in [0.717, 1.165) is 12.1 Å². The van der Waals surface area contributed by atoms with Crippen LogP contribution in [0.2, 0.25) is 0 Å². The van der Waals surface area contributed by atoms with Gasteiger partial charge in [-0.1, -0.05) is 22.0 Å². The SMILES string of the molecule is N#Cc1cccc(NC(=O)Nc2c(F)cc(Br)cc2F)c1. The van der Waals surface area contributed by atoms with E-state index in [1.807, 2.05) is 6.07 Å². The van der Waals surface area contributed by atoms with Gasteiger partial charge in [0.15, 0.2) is 11.6 Å². The molecule has 0 spiro atoms. The minimum Gasteiger partial charge on any atom is -0.308 e. The summed E-state index contributed by atoms with van der Waals surface area (Å²) in [6.45, 7) is 0. The van der Waals surface area contributed by atoms with Crippen LogP contribution in [0.5, 0.6) is 0 Å². The lowest BCUT2D eigenvalue weighted by atomic mass is 10.2. The summed E-state index contributed by atoms with van der Waals surface area (Å²) in [6.07, 6.45) is 0. The summed E-state index contributed by atoms with van der Waals surface area (Å²) < 4.78 is 27.4. The van der Waals surface area contributed by atoms with Gasteiger partial charge in [0.05, 0.1) is 11.6 Å². The number of nitriles is 1. The first-order valence-corrected chi connectivity index (χ1v) is 6.51. The van der Waals surface area contributed by atoms with Crippen LogP contribution in [-0.4, -0.2) is 6.03 Å². The molecule has 0 radical (unpaired) electrons. The van der Waals surface area contributed by atoms with Crippen LogP contribution in [0.1, 0.15) is 5.56 Å². The van der Waals surface area contributed by atoms with E-state index in [1.165, 1.54) is 6.07 Å². The maximum absolute atomic E-state index is 13.6. The van der Waals surface area contributed by atoms with Gasteiger partial charge in [-0.15, -0.1) is 0 Å². The smallest absolute Gasteiger partial charge is 0.308 e. The van der Waals surface area contributed by atoms with Crippen molar-refractivity contribution in [2.45, 2.75) is 0 Å². The van der Waals surface area contributed by atoms with Crippen molar-refractivity contribution in [2.75, 3.05) is 10.6 Å². The molecule has 0 heterocycles. The molecule has 7 heteroatoms. The van der Waals surface area contributed by atoms with E-state index in [9.17, 15) is 13.6 Å². The van der Waals surface area contributed by atoms with Crippen molar-refractivity contribution in [1.82, 2.24) is 0 Å². The molecule has 2 amide bonds. The highest BCUT2D eigenvalue weighted by molar-refractivity contribution is 9.10. The van der Waals surface area contributed by atoms with Gasteiger partial charge < -0.3 is 10.6 Å². The molecule has 21 heavy (non-hydrogen) atoms. The highest BCUT2D eigenvalue weighted by Crippen LogP contribution is 2.24. The van der Waals surface area contributed by atoms with E-state index in [-0.39, 0.29) is 4.47 Å². The highest BCUT2D eigenvalue weighted by atomic mass is 79.9. The van der Waals surface area contributed by atoms with E-state index in [0.29, 0.717) is 11.3 Å². The van der Waals surface area contributed by atoms with Gasteiger partial charge in [0.2, 0.25) is 0 Å². The number of hydrogen-bond acceptors (Lipinski definition) is 2. The quantitative estimate of drug-likeness (QED) is 0.849. The summed E-state index contributed by atoms with van der Waals surface area (Å²) in [5, 5.41) is 13.2. The van der Waals surface area contributed by atoms with Gasteiger partial charge in [-0.2, -0.15) is 5.26 Å². The van der Waals surface area contributed by atoms with Crippen LogP contribution in [0, 0.1) is 23.0 Å². The number of rotatable bonds is 2. The number of anilines is 2. The maximum Gasteiger partial charge on any atom is 0.323 e. The number of nitrogens with zero attached hydrogens (tertiary/aromatic N) is 1. The van der Waals surface area contributed by atoms with E-state index in [1.54, 1.807) is 18.2 Å². The van der Waals surface area contributed by atoms with E-state index in [2.05, 4.69) is 26.6 Å². The Morgan fingerprint density at radius 1 is 1.14 bits per heavy atom. The number of carbonyl (C=O) groups excluding carboxylic acids is 1. The molecule has 2 aromatic rings. The van der Waals surface area contributed by atoms with Crippen molar-refractivity contribution in [3.63, 3.8) is 0 Å². The Morgan fingerprint density at radius 2 is 1.81 bits per heavy atom. The van der Waals surface area contributed by atoms with Crippen LogP contribution >= 0.6 is 15.9 Å². The van der Waals surface area contributed by atoms with Crippen LogP contribution in [0.15, 0.2) is 40.9 Å². The number of benzene rings is 2. The average Bonchev–Trinajstić information content (AvgIpc) is 2.43. The summed E-state index contributed by atoms with van der Waals surface area (Å²) >= 11 is 2.94. The molecule has 0 saturated heterocycles. The molecule has 0 atom stereocenters. The lowest BCUT2D eigenvalue weighted by molar-refractivity contribution is 0.262. The molecule has 2 rings (SSSR count). The number of halogens is 3. The molecule has 0 aliphatic carbocycles. The third-order valence-electron chi connectivity index (χ3n) is 2.49. The average molecular weight is 352 g/mol. The minimum atomic E-state index is -0.900. The molecule has 2 N–H and O–H groups in total. The van der Waals surface area contributed by atoms with Crippen LogP contribution in [-0.2, 0) is 0 Å². The topological polar surface area (TPSA) is 64.9 Å². The van der Waals surface area contributed by atoms with Crippen LogP contribution in [0.3, 0.4) is 0 Å². The fourth-order valence-corrected chi connectivity index (χ4v) is 2.01. The van der Waals surface area contributed by atoms with Gasteiger partial charge in [0, 0.05) is 10.2 Å². The molecule has 0 fully saturated rings. The normalized spacial score (nSPS) is 9.81. The summed E-state index contributed by atoms with van der Waals surface area (Å²) in [5.41, 5.74) is 0.144. The predicted molar refractivity (Wildman–Crippen MR) is 77.9 cm³/mol. The van der Waals surface area contributed by atoms with Crippen molar-refractivity contribution in [1.29, 1.82) is 5.26 Å². The summed E-state index contributed by atoms with van der Waals surface area (Å²) in [6, 6.07) is 9.31. The van der Waals surface area contributed by atoms with E-state index < -0.39 is 23.4 Å². The molecule has 0 unspecified atom stereocenters. The molecule has 4 nitrogen and oxygen atoms in total. The number of amides is 2. The zero-order chi connectivity index (χ0) is 15.4. The van der Waals surface area contributed by atoms with Gasteiger partial charge in [0.25, 0.3) is 0 Å². The van der Waals surface area contributed by atoms with Gasteiger partial charge in [-0.3, -0.25) is 0 Å². The first-order valence-electron chi connectivity index (χ1n) is 5.72. The molecule has 0 aromatic heterocycles. The number of carbonyl (C=O) groups is 1. The standard InChI is InChI=1S/C14H8BrF2N3O/c15-9-5-11(16)13(12(17)6-9)20-14(21)19-10-3-1-2-8(4-10)7-18/h1-6H,(H2,19,20,21).